The summed E-state index contributed by atoms with van der Waals surface area (Å²) in [6.45, 7) is 6.74. The van der Waals surface area contributed by atoms with Crippen molar-refractivity contribution in [1.82, 2.24) is 20.2 Å². The zero-order valence-corrected chi connectivity index (χ0v) is 11.0. The average Bonchev–Trinajstić information content (AvgIpc) is 2.81. The van der Waals surface area contributed by atoms with Gasteiger partial charge in [-0.2, -0.15) is 0 Å². The van der Waals surface area contributed by atoms with Crippen LogP contribution < -0.4 is 0 Å². The third-order valence-corrected chi connectivity index (χ3v) is 2.88. The largest absolute Gasteiger partial charge is 0.481 e. The van der Waals surface area contributed by atoms with E-state index >= 15 is 0 Å². The zero-order chi connectivity index (χ0) is 13.5. The molecule has 1 heterocycles. The Balaban J connectivity index is 2.61. The lowest BCUT2D eigenvalue weighted by Crippen LogP contribution is -2.24. The van der Waals surface area contributed by atoms with Gasteiger partial charge in [0.2, 0.25) is 0 Å². The van der Waals surface area contributed by atoms with E-state index < -0.39 is 11.9 Å². The van der Waals surface area contributed by atoms with Gasteiger partial charge in [-0.05, 0) is 30.7 Å². The third-order valence-electron chi connectivity index (χ3n) is 2.88. The summed E-state index contributed by atoms with van der Waals surface area (Å²) in [5.74, 6) is -0.735. The third kappa shape index (κ3) is 3.76. The first kappa shape index (κ1) is 14.6. The number of nitrogens with zero attached hydrogens (tertiary/aromatic N) is 4. The Hall–Kier alpha value is -1.50. The Bertz CT molecular complexity index is 380. The highest BCUT2D eigenvalue weighted by molar-refractivity contribution is 5.70. The highest BCUT2D eigenvalue weighted by Gasteiger charge is 2.24. The van der Waals surface area contributed by atoms with Crippen molar-refractivity contribution in [2.24, 2.45) is 5.92 Å². The first-order valence-electron chi connectivity index (χ1n) is 6.15. The van der Waals surface area contributed by atoms with Crippen LogP contribution in [0.25, 0.3) is 0 Å². The normalized spacial score (nSPS) is 14.4. The SMILES string of the molecule is CCCOCCc1nnnn1C(C)C(C)C(=O)O. The standard InChI is InChI=1S/C11H20N4O3/c1-4-6-18-7-5-10-12-13-14-15(10)9(3)8(2)11(16)17/h8-9H,4-7H2,1-3H3,(H,16,17). The van der Waals surface area contributed by atoms with Gasteiger partial charge in [0.25, 0.3) is 0 Å². The van der Waals surface area contributed by atoms with Crippen LogP contribution >= 0.6 is 0 Å². The summed E-state index contributed by atoms with van der Waals surface area (Å²) in [5.41, 5.74) is 0. The van der Waals surface area contributed by atoms with Crippen LogP contribution in [0.3, 0.4) is 0 Å². The van der Waals surface area contributed by atoms with E-state index in [1.807, 2.05) is 6.92 Å². The summed E-state index contributed by atoms with van der Waals surface area (Å²) in [6.07, 6.45) is 1.56. The monoisotopic (exact) mass is 256 g/mol. The second-order valence-corrected chi connectivity index (χ2v) is 4.27. The molecule has 0 aliphatic heterocycles. The van der Waals surface area contributed by atoms with Gasteiger partial charge in [-0.3, -0.25) is 4.79 Å². The number of hydrogen-bond donors (Lipinski definition) is 1. The van der Waals surface area contributed by atoms with Gasteiger partial charge in [0.1, 0.15) is 0 Å². The van der Waals surface area contributed by atoms with Crippen molar-refractivity contribution in [2.45, 2.75) is 39.7 Å². The van der Waals surface area contributed by atoms with E-state index in [2.05, 4.69) is 15.5 Å². The lowest BCUT2D eigenvalue weighted by molar-refractivity contribution is -0.142. The summed E-state index contributed by atoms with van der Waals surface area (Å²) in [5, 5.41) is 20.3. The van der Waals surface area contributed by atoms with Crippen LogP contribution in [0, 0.1) is 5.92 Å². The van der Waals surface area contributed by atoms with Crippen LogP contribution in [0.4, 0.5) is 0 Å². The molecule has 7 heteroatoms. The summed E-state index contributed by atoms with van der Waals surface area (Å²) in [7, 11) is 0. The van der Waals surface area contributed by atoms with Crippen molar-refractivity contribution in [3.8, 4) is 0 Å². The molecule has 0 aromatic carbocycles. The van der Waals surface area contributed by atoms with Crippen LogP contribution in [-0.2, 0) is 16.0 Å². The molecule has 102 valence electrons. The van der Waals surface area contributed by atoms with Crippen molar-refractivity contribution in [2.75, 3.05) is 13.2 Å². The van der Waals surface area contributed by atoms with Crippen LogP contribution in [0.1, 0.15) is 39.1 Å². The van der Waals surface area contributed by atoms with Gasteiger partial charge in [0.05, 0.1) is 18.6 Å². The summed E-state index contributed by atoms with van der Waals surface area (Å²) in [6, 6.07) is -0.279. The molecular formula is C11H20N4O3. The van der Waals surface area contributed by atoms with Crippen LogP contribution in [0.5, 0.6) is 0 Å². The molecule has 0 amide bonds. The number of aromatic nitrogens is 4. The number of aliphatic carboxylic acids is 1. The van der Waals surface area contributed by atoms with E-state index in [4.69, 9.17) is 9.84 Å². The van der Waals surface area contributed by atoms with Gasteiger partial charge >= 0.3 is 5.97 Å². The summed E-state index contributed by atoms with van der Waals surface area (Å²) in [4.78, 5) is 10.9. The minimum atomic E-state index is -0.855. The predicted octanol–water partition coefficient (Wildman–Crippen LogP) is 0.924. The number of tetrazole rings is 1. The Morgan fingerprint density at radius 2 is 2.17 bits per heavy atom. The second-order valence-electron chi connectivity index (χ2n) is 4.27. The minimum Gasteiger partial charge on any atom is -0.481 e. The molecule has 2 unspecified atom stereocenters. The zero-order valence-electron chi connectivity index (χ0n) is 11.0. The van der Waals surface area contributed by atoms with Crippen molar-refractivity contribution >= 4 is 5.97 Å². The molecule has 0 aliphatic rings. The maximum atomic E-state index is 10.9. The first-order chi connectivity index (χ1) is 8.57. The van der Waals surface area contributed by atoms with E-state index in [9.17, 15) is 4.79 Å². The number of hydrogen-bond acceptors (Lipinski definition) is 5. The highest BCUT2D eigenvalue weighted by Crippen LogP contribution is 2.17. The van der Waals surface area contributed by atoms with Crippen LogP contribution in [0.2, 0.25) is 0 Å². The molecule has 0 radical (unpaired) electrons. The highest BCUT2D eigenvalue weighted by atomic mass is 16.5. The summed E-state index contributed by atoms with van der Waals surface area (Å²) < 4.78 is 6.94. The van der Waals surface area contributed by atoms with Gasteiger partial charge in [0, 0.05) is 13.0 Å². The lowest BCUT2D eigenvalue weighted by Gasteiger charge is -2.17. The Labute approximate surface area is 106 Å². The minimum absolute atomic E-state index is 0.279. The second kappa shape index (κ2) is 7.05. The van der Waals surface area contributed by atoms with E-state index in [-0.39, 0.29) is 6.04 Å². The van der Waals surface area contributed by atoms with Crippen molar-refractivity contribution in [1.29, 1.82) is 0 Å². The number of carbonyl (C=O) groups is 1. The molecule has 1 aromatic rings. The molecule has 0 saturated heterocycles. The Kier molecular flexibility index (Phi) is 5.70. The Morgan fingerprint density at radius 1 is 1.44 bits per heavy atom. The topological polar surface area (TPSA) is 90.1 Å². The Morgan fingerprint density at radius 3 is 2.78 bits per heavy atom. The van der Waals surface area contributed by atoms with Crippen LogP contribution in [-0.4, -0.2) is 44.5 Å². The number of carboxylic acid groups (broad SMARTS) is 1. The van der Waals surface area contributed by atoms with E-state index in [1.54, 1.807) is 18.5 Å². The van der Waals surface area contributed by atoms with Crippen molar-refractivity contribution in [3.05, 3.63) is 5.82 Å². The average molecular weight is 256 g/mol. The fourth-order valence-corrected chi connectivity index (χ4v) is 1.52. The number of carboxylic acids is 1. The molecule has 0 fully saturated rings. The molecular weight excluding hydrogens is 236 g/mol. The van der Waals surface area contributed by atoms with Crippen LogP contribution in [0.15, 0.2) is 0 Å². The summed E-state index contributed by atoms with van der Waals surface area (Å²) >= 11 is 0. The fraction of sp³-hybridized carbons (Fsp3) is 0.818. The van der Waals surface area contributed by atoms with Gasteiger partial charge < -0.3 is 9.84 Å². The van der Waals surface area contributed by atoms with Gasteiger partial charge in [-0.15, -0.1) is 5.10 Å². The predicted molar refractivity (Wildman–Crippen MR) is 64.1 cm³/mol. The number of ether oxygens (including phenoxy) is 1. The maximum absolute atomic E-state index is 10.9. The molecule has 1 rings (SSSR count). The number of rotatable bonds is 8. The molecule has 2 atom stereocenters. The molecule has 7 nitrogen and oxygen atoms in total. The molecule has 18 heavy (non-hydrogen) atoms. The van der Waals surface area contributed by atoms with Crippen molar-refractivity contribution in [3.63, 3.8) is 0 Å². The smallest absolute Gasteiger partial charge is 0.308 e. The molecule has 0 aliphatic carbocycles. The van der Waals surface area contributed by atoms with E-state index in [0.717, 1.165) is 6.42 Å². The van der Waals surface area contributed by atoms with Crippen molar-refractivity contribution < 1.29 is 14.6 Å². The van der Waals surface area contributed by atoms with Gasteiger partial charge in [-0.1, -0.05) is 6.92 Å². The first-order valence-corrected chi connectivity index (χ1v) is 6.15. The van der Waals surface area contributed by atoms with E-state index in [1.165, 1.54) is 0 Å². The van der Waals surface area contributed by atoms with E-state index in [0.29, 0.717) is 25.5 Å². The van der Waals surface area contributed by atoms with Gasteiger partial charge in [-0.25, -0.2) is 4.68 Å². The molecule has 1 aromatic heterocycles. The molecule has 0 bridgehead atoms. The lowest BCUT2D eigenvalue weighted by atomic mass is 10.0. The molecule has 1 N–H and O–H groups in total. The molecule has 0 saturated carbocycles. The molecule has 0 spiro atoms. The van der Waals surface area contributed by atoms with Gasteiger partial charge in [0.15, 0.2) is 5.82 Å². The maximum Gasteiger partial charge on any atom is 0.308 e. The quantitative estimate of drug-likeness (QED) is 0.696. The fourth-order valence-electron chi connectivity index (χ4n) is 1.52.